The molecule has 0 radical (unpaired) electrons. The van der Waals surface area contributed by atoms with Gasteiger partial charge in [0.1, 0.15) is 5.41 Å². The third-order valence-corrected chi connectivity index (χ3v) is 4.57. The lowest BCUT2D eigenvalue weighted by molar-refractivity contribution is -0.151. The largest absolute Gasteiger partial charge is 0.469 e. The number of nitrogens with zero attached hydrogens (tertiary/aromatic N) is 2. The van der Waals surface area contributed by atoms with Crippen molar-refractivity contribution in [3.8, 4) is 6.07 Å². The molecule has 1 unspecified atom stereocenters. The summed E-state index contributed by atoms with van der Waals surface area (Å²) >= 11 is 0. The molecule has 0 aromatic rings. The van der Waals surface area contributed by atoms with Gasteiger partial charge in [-0.15, -0.1) is 0 Å². The van der Waals surface area contributed by atoms with E-state index in [1.807, 2.05) is 0 Å². The molecule has 1 amide bonds. The van der Waals surface area contributed by atoms with Gasteiger partial charge in [-0.3, -0.25) is 9.59 Å². The third kappa shape index (κ3) is 2.79. The van der Waals surface area contributed by atoms with Gasteiger partial charge in [-0.25, -0.2) is 0 Å². The smallest absolute Gasteiger partial charge is 0.310 e. The van der Waals surface area contributed by atoms with Crippen LogP contribution in [0.4, 0.5) is 0 Å². The maximum Gasteiger partial charge on any atom is 0.310 e. The van der Waals surface area contributed by atoms with Gasteiger partial charge in [0, 0.05) is 13.1 Å². The van der Waals surface area contributed by atoms with Gasteiger partial charge >= 0.3 is 5.97 Å². The number of ether oxygens (including phenoxy) is 1. The van der Waals surface area contributed by atoms with Crippen LogP contribution in [-0.2, 0) is 14.3 Å². The van der Waals surface area contributed by atoms with Crippen LogP contribution in [-0.4, -0.2) is 37.0 Å². The fourth-order valence-corrected chi connectivity index (χ4v) is 3.35. The Bertz CT molecular complexity index is 421. The second kappa shape index (κ2) is 6.25. The Labute approximate surface area is 119 Å². The summed E-state index contributed by atoms with van der Waals surface area (Å²) in [6.07, 6.45) is 5.84. The minimum absolute atomic E-state index is 0.0756. The quantitative estimate of drug-likeness (QED) is 0.723. The zero-order valence-electron chi connectivity index (χ0n) is 12.1. The molecule has 0 N–H and O–H groups in total. The van der Waals surface area contributed by atoms with Crippen molar-refractivity contribution in [3.63, 3.8) is 0 Å². The average molecular weight is 278 g/mol. The second-order valence-electron chi connectivity index (χ2n) is 5.87. The first-order chi connectivity index (χ1) is 9.63. The molecule has 2 fully saturated rings. The van der Waals surface area contributed by atoms with E-state index in [1.54, 1.807) is 4.90 Å². The highest BCUT2D eigenvalue weighted by molar-refractivity contribution is 5.86. The van der Waals surface area contributed by atoms with Gasteiger partial charge in [0.15, 0.2) is 0 Å². The van der Waals surface area contributed by atoms with Crippen LogP contribution in [0.25, 0.3) is 0 Å². The molecule has 1 heterocycles. The average Bonchev–Trinajstić information content (AvgIpc) is 2.54. The van der Waals surface area contributed by atoms with E-state index in [4.69, 9.17) is 4.74 Å². The van der Waals surface area contributed by atoms with Gasteiger partial charge in [0.25, 0.3) is 0 Å². The Morgan fingerprint density at radius 3 is 2.55 bits per heavy atom. The Hall–Kier alpha value is -1.57. The number of carbonyl (C=O) groups is 2. The van der Waals surface area contributed by atoms with E-state index in [0.717, 1.165) is 32.1 Å². The van der Waals surface area contributed by atoms with Crippen LogP contribution in [0.1, 0.15) is 44.9 Å². The molecule has 5 nitrogen and oxygen atoms in total. The zero-order chi connectivity index (χ0) is 14.6. The summed E-state index contributed by atoms with van der Waals surface area (Å²) in [6, 6.07) is 2.27. The van der Waals surface area contributed by atoms with Crippen molar-refractivity contribution in [3.05, 3.63) is 0 Å². The molecule has 2 aliphatic rings. The van der Waals surface area contributed by atoms with Crippen molar-refractivity contribution in [1.82, 2.24) is 4.90 Å². The summed E-state index contributed by atoms with van der Waals surface area (Å²) in [5.41, 5.74) is -0.851. The summed E-state index contributed by atoms with van der Waals surface area (Å²) in [5.74, 6) is -0.567. The molecule has 1 atom stereocenters. The van der Waals surface area contributed by atoms with Gasteiger partial charge in [-0.1, -0.05) is 19.3 Å². The van der Waals surface area contributed by atoms with Crippen LogP contribution in [0.3, 0.4) is 0 Å². The van der Waals surface area contributed by atoms with Crippen molar-refractivity contribution in [2.75, 3.05) is 20.2 Å². The Kier molecular flexibility index (Phi) is 4.64. The number of likely N-dealkylation sites (tertiary alicyclic amines) is 1. The van der Waals surface area contributed by atoms with Crippen molar-refractivity contribution < 1.29 is 14.3 Å². The minimum atomic E-state index is -0.851. The lowest BCUT2D eigenvalue weighted by Gasteiger charge is -2.38. The maximum atomic E-state index is 12.7. The van der Waals surface area contributed by atoms with E-state index >= 15 is 0 Å². The number of hydrogen-bond donors (Lipinski definition) is 0. The fourth-order valence-electron chi connectivity index (χ4n) is 3.35. The van der Waals surface area contributed by atoms with Crippen LogP contribution in [0.2, 0.25) is 0 Å². The molecular weight excluding hydrogens is 256 g/mol. The van der Waals surface area contributed by atoms with Gasteiger partial charge in [-0.05, 0) is 25.7 Å². The third-order valence-electron chi connectivity index (χ3n) is 4.57. The highest BCUT2D eigenvalue weighted by atomic mass is 16.5. The number of esters is 1. The predicted molar refractivity (Wildman–Crippen MR) is 72.5 cm³/mol. The topological polar surface area (TPSA) is 70.4 Å². The lowest BCUT2D eigenvalue weighted by atomic mass is 9.74. The van der Waals surface area contributed by atoms with Gasteiger partial charge in [-0.2, -0.15) is 5.26 Å². The molecule has 1 saturated heterocycles. The molecule has 1 aliphatic heterocycles. The van der Waals surface area contributed by atoms with Gasteiger partial charge in [0.05, 0.1) is 19.1 Å². The number of nitriles is 1. The van der Waals surface area contributed by atoms with Crippen molar-refractivity contribution >= 4 is 11.9 Å². The van der Waals surface area contributed by atoms with E-state index in [0.29, 0.717) is 25.9 Å². The summed E-state index contributed by atoms with van der Waals surface area (Å²) in [7, 11) is 1.38. The molecule has 1 aliphatic carbocycles. The lowest BCUT2D eigenvalue weighted by Crippen LogP contribution is -2.49. The Morgan fingerprint density at radius 2 is 1.95 bits per heavy atom. The van der Waals surface area contributed by atoms with Crippen LogP contribution in [0.15, 0.2) is 0 Å². The standard InChI is InChI=1S/C15H22N2O3/c1-20-13(18)12-6-5-9-17(10-12)14(19)15(11-16)7-3-2-4-8-15/h12H,2-10H2,1H3. The van der Waals surface area contributed by atoms with Crippen LogP contribution in [0.5, 0.6) is 0 Å². The van der Waals surface area contributed by atoms with E-state index in [9.17, 15) is 14.9 Å². The second-order valence-corrected chi connectivity index (χ2v) is 5.87. The number of methoxy groups -OCH3 is 1. The molecule has 0 bridgehead atoms. The van der Waals surface area contributed by atoms with Crippen LogP contribution in [0, 0.1) is 22.7 Å². The molecule has 110 valence electrons. The van der Waals surface area contributed by atoms with E-state index in [-0.39, 0.29) is 17.8 Å². The molecule has 0 spiro atoms. The summed E-state index contributed by atoms with van der Waals surface area (Å²) in [6.45, 7) is 1.05. The summed E-state index contributed by atoms with van der Waals surface area (Å²) in [4.78, 5) is 26.1. The Balaban J connectivity index is 2.08. The normalized spacial score (nSPS) is 25.6. The van der Waals surface area contributed by atoms with Crippen molar-refractivity contribution in [2.24, 2.45) is 11.3 Å². The predicted octanol–water partition coefficient (Wildman–Crippen LogP) is 1.87. The van der Waals surface area contributed by atoms with Gasteiger partial charge in [0.2, 0.25) is 5.91 Å². The SMILES string of the molecule is COC(=O)C1CCCN(C(=O)C2(C#N)CCCCC2)C1. The zero-order valence-corrected chi connectivity index (χ0v) is 12.1. The molecule has 0 aromatic heterocycles. The number of piperidine rings is 1. The van der Waals surface area contributed by atoms with Gasteiger partial charge < -0.3 is 9.64 Å². The first kappa shape index (κ1) is 14.8. The van der Waals surface area contributed by atoms with E-state index in [2.05, 4.69) is 6.07 Å². The number of rotatable bonds is 2. The fraction of sp³-hybridized carbons (Fsp3) is 0.800. The molecule has 0 aromatic carbocycles. The molecule has 20 heavy (non-hydrogen) atoms. The minimum Gasteiger partial charge on any atom is -0.469 e. The molecule has 5 heteroatoms. The number of hydrogen-bond acceptors (Lipinski definition) is 4. The van der Waals surface area contributed by atoms with Crippen molar-refractivity contribution in [1.29, 1.82) is 5.26 Å². The highest BCUT2D eigenvalue weighted by Crippen LogP contribution is 2.38. The molecule has 2 rings (SSSR count). The monoisotopic (exact) mass is 278 g/mol. The highest BCUT2D eigenvalue weighted by Gasteiger charge is 2.44. The van der Waals surface area contributed by atoms with Crippen molar-refractivity contribution in [2.45, 2.75) is 44.9 Å². The molecular formula is C15H22N2O3. The van der Waals surface area contributed by atoms with Crippen LogP contribution >= 0.6 is 0 Å². The first-order valence-electron chi connectivity index (χ1n) is 7.41. The molecule has 1 saturated carbocycles. The Morgan fingerprint density at radius 1 is 1.25 bits per heavy atom. The van der Waals surface area contributed by atoms with E-state index < -0.39 is 5.41 Å². The summed E-state index contributed by atoms with van der Waals surface area (Å²) in [5, 5.41) is 9.47. The van der Waals surface area contributed by atoms with E-state index in [1.165, 1.54) is 7.11 Å². The maximum absolute atomic E-state index is 12.7. The summed E-state index contributed by atoms with van der Waals surface area (Å²) < 4.78 is 4.77. The number of amides is 1. The first-order valence-corrected chi connectivity index (χ1v) is 7.41. The van der Waals surface area contributed by atoms with Crippen LogP contribution < -0.4 is 0 Å². The number of carbonyl (C=O) groups excluding carboxylic acids is 2.